The summed E-state index contributed by atoms with van der Waals surface area (Å²) in [5, 5.41) is 3.78. The third-order valence-electron chi connectivity index (χ3n) is 3.29. The molecule has 1 N–H and O–H groups in total. The van der Waals surface area contributed by atoms with Crippen molar-refractivity contribution < 1.29 is 9.53 Å². The monoisotopic (exact) mass is 303 g/mol. The van der Waals surface area contributed by atoms with Gasteiger partial charge in [-0.05, 0) is 35.7 Å². The molecule has 0 heterocycles. The molecule has 0 saturated carbocycles. The van der Waals surface area contributed by atoms with Gasteiger partial charge in [-0.15, -0.1) is 0 Å². The Morgan fingerprint density at radius 1 is 1.24 bits per heavy atom. The van der Waals surface area contributed by atoms with Crippen molar-refractivity contribution in [3.8, 4) is 0 Å². The van der Waals surface area contributed by atoms with E-state index in [0.717, 1.165) is 17.7 Å². The largest absolute Gasteiger partial charge is 0.467 e. The predicted octanol–water partition coefficient (Wildman–Crippen LogP) is 4.23. The molecule has 0 amide bonds. The van der Waals surface area contributed by atoms with Crippen LogP contribution in [-0.2, 0) is 16.0 Å². The molecule has 0 radical (unpaired) electrons. The lowest BCUT2D eigenvalue weighted by Gasteiger charge is -2.18. The first kappa shape index (κ1) is 15.4. The maximum Gasteiger partial charge on any atom is 0.332 e. The summed E-state index contributed by atoms with van der Waals surface area (Å²) in [4.78, 5) is 12.0. The van der Waals surface area contributed by atoms with E-state index in [-0.39, 0.29) is 5.97 Å². The van der Waals surface area contributed by atoms with Crippen LogP contribution in [-0.4, -0.2) is 13.1 Å². The number of anilines is 1. The molecule has 2 aromatic carbocycles. The van der Waals surface area contributed by atoms with Gasteiger partial charge in [-0.1, -0.05) is 48.9 Å². The van der Waals surface area contributed by atoms with Crippen molar-refractivity contribution in [1.82, 2.24) is 0 Å². The van der Waals surface area contributed by atoms with Gasteiger partial charge in [0.25, 0.3) is 0 Å². The second-order valence-electron chi connectivity index (χ2n) is 4.71. The van der Waals surface area contributed by atoms with Gasteiger partial charge in [0, 0.05) is 10.7 Å². The van der Waals surface area contributed by atoms with E-state index in [0.29, 0.717) is 5.02 Å². The van der Waals surface area contributed by atoms with Crippen LogP contribution in [0.4, 0.5) is 5.69 Å². The lowest BCUT2D eigenvalue weighted by molar-refractivity contribution is -0.141. The van der Waals surface area contributed by atoms with Gasteiger partial charge in [-0.25, -0.2) is 4.79 Å². The van der Waals surface area contributed by atoms with E-state index in [9.17, 15) is 4.79 Å². The molecule has 1 unspecified atom stereocenters. The molecule has 21 heavy (non-hydrogen) atoms. The number of methoxy groups -OCH3 is 1. The van der Waals surface area contributed by atoms with Crippen LogP contribution in [0.3, 0.4) is 0 Å². The summed E-state index contributed by atoms with van der Waals surface area (Å²) >= 11 is 5.97. The highest BCUT2D eigenvalue weighted by molar-refractivity contribution is 6.30. The summed E-state index contributed by atoms with van der Waals surface area (Å²) in [6.45, 7) is 2.09. The third kappa shape index (κ3) is 3.99. The molecule has 4 heteroatoms. The number of carbonyl (C=O) groups excluding carboxylic acids is 1. The second-order valence-corrected chi connectivity index (χ2v) is 5.14. The highest BCUT2D eigenvalue weighted by atomic mass is 35.5. The van der Waals surface area contributed by atoms with E-state index in [2.05, 4.69) is 12.2 Å². The molecule has 110 valence electrons. The second kappa shape index (κ2) is 7.14. The van der Waals surface area contributed by atoms with Gasteiger partial charge in [0.15, 0.2) is 6.04 Å². The number of nitrogens with one attached hydrogen (secondary N) is 1. The fourth-order valence-electron chi connectivity index (χ4n) is 2.09. The molecule has 0 aromatic heterocycles. The predicted molar refractivity (Wildman–Crippen MR) is 85.7 cm³/mol. The van der Waals surface area contributed by atoms with Crippen molar-refractivity contribution in [2.45, 2.75) is 19.4 Å². The number of aryl methyl sites for hydroxylation is 1. The van der Waals surface area contributed by atoms with Gasteiger partial charge < -0.3 is 10.1 Å². The number of benzene rings is 2. The van der Waals surface area contributed by atoms with Gasteiger partial charge in [-0.3, -0.25) is 0 Å². The summed E-state index contributed by atoms with van der Waals surface area (Å²) in [7, 11) is 1.38. The topological polar surface area (TPSA) is 38.3 Å². The fraction of sp³-hybridized carbons (Fsp3) is 0.235. The number of rotatable bonds is 5. The molecule has 2 aromatic rings. The number of ether oxygens (including phenoxy) is 1. The van der Waals surface area contributed by atoms with Gasteiger partial charge in [0.05, 0.1) is 7.11 Å². The average Bonchev–Trinajstić information content (AvgIpc) is 2.52. The zero-order valence-corrected chi connectivity index (χ0v) is 12.9. The van der Waals surface area contributed by atoms with Crippen LogP contribution in [0.5, 0.6) is 0 Å². The molecule has 3 nitrogen and oxygen atoms in total. The first-order valence-electron chi connectivity index (χ1n) is 6.82. The first-order valence-corrected chi connectivity index (χ1v) is 7.20. The van der Waals surface area contributed by atoms with Crippen LogP contribution in [0, 0.1) is 0 Å². The number of carbonyl (C=O) groups is 1. The van der Waals surface area contributed by atoms with Crippen LogP contribution >= 0.6 is 11.6 Å². The van der Waals surface area contributed by atoms with Crippen molar-refractivity contribution in [2.75, 3.05) is 12.4 Å². The minimum absolute atomic E-state index is 0.334. The number of hydrogen-bond acceptors (Lipinski definition) is 3. The van der Waals surface area contributed by atoms with Crippen molar-refractivity contribution >= 4 is 23.3 Å². The lowest BCUT2D eigenvalue weighted by atomic mass is 10.0. The van der Waals surface area contributed by atoms with E-state index >= 15 is 0 Å². The standard InChI is InChI=1S/C17H18ClNO2/c1-3-12-7-9-13(10-8-12)16(17(20)21-2)19-15-6-4-5-14(18)11-15/h4-11,16,19H,3H2,1-2H3. The summed E-state index contributed by atoms with van der Waals surface area (Å²) in [6, 6.07) is 14.6. The van der Waals surface area contributed by atoms with E-state index in [4.69, 9.17) is 16.3 Å². The average molecular weight is 304 g/mol. The summed E-state index contributed by atoms with van der Waals surface area (Å²) in [6.07, 6.45) is 0.963. The van der Waals surface area contributed by atoms with Crippen molar-refractivity contribution in [1.29, 1.82) is 0 Å². The summed E-state index contributed by atoms with van der Waals surface area (Å²) in [5.41, 5.74) is 2.86. The molecule has 0 saturated heterocycles. The summed E-state index contributed by atoms with van der Waals surface area (Å²) < 4.78 is 4.89. The normalized spacial score (nSPS) is 11.8. The van der Waals surface area contributed by atoms with Crippen LogP contribution < -0.4 is 5.32 Å². The Bertz CT molecular complexity index is 610. The molecule has 0 aliphatic rings. The minimum atomic E-state index is -0.556. The first-order chi connectivity index (χ1) is 10.1. The Kier molecular flexibility index (Phi) is 5.23. The molecule has 2 rings (SSSR count). The minimum Gasteiger partial charge on any atom is -0.467 e. The van der Waals surface area contributed by atoms with Gasteiger partial charge in [-0.2, -0.15) is 0 Å². The van der Waals surface area contributed by atoms with Crippen molar-refractivity contribution in [3.05, 3.63) is 64.7 Å². The lowest BCUT2D eigenvalue weighted by Crippen LogP contribution is -2.22. The number of halogens is 1. The Morgan fingerprint density at radius 2 is 1.95 bits per heavy atom. The van der Waals surface area contributed by atoms with Crippen molar-refractivity contribution in [3.63, 3.8) is 0 Å². The van der Waals surface area contributed by atoms with Gasteiger partial charge in [0.2, 0.25) is 0 Å². The summed E-state index contributed by atoms with van der Waals surface area (Å²) in [5.74, 6) is -0.334. The highest BCUT2D eigenvalue weighted by Crippen LogP contribution is 2.23. The molecule has 0 spiro atoms. The Morgan fingerprint density at radius 3 is 2.52 bits per heavy atom. The smallest absolute Gasteiger partial charge is 0.332 e. The maximum atomic E-state index is 12.0. The number of esters is 1. The van der Waals surface area contributed by atoms with E-state index in [1.165, 1.54) is 12.7 Å². The third-order valence-corrected chi connectivity index (χ3v) is 3.53. The molecule has 0 bridgehead atoms. The maximum absolute atomic E-state index is 12.0. The van der Waals surface area contributed by atoms with Crippen LogP contribution in [0.15, 0.2) is 48.5 Å². The van der Waals surface area contributed by atoms with E-state index in [1.54, 1.807) is 12.1 Å². The SMILES string of the molecule is CCc1ccc(C(Nc2cccc(Cl)c2)C(=O)OC)cc1. The highest BCUT2D eigenvalue weighted by Gasteiger charge is 2.21. The Hall–Kier alpha value is -2.00. The van der Waals surface area contributed by atoms with E-state index in [1.807, 2.05) is 36.4 Å². The quantitative estimate of drug-likeness (QED) is 0.840. The molecule has 1 atom stereocenters. The van der Waals surface area contributed by atoms with Crippen LogP contribution in [0.2, 0.25) is 5.02 Å². The van der Waals surface area contributed by atoms with Gasteiger partial charge in [0.1, 0.15) is 0 Å². The Balaban J connectivity index is 2.27. The Labute approximate surface area is 129 Å². The molecule has 0 fully saturated rings. The number of hydrogen-bond donors (Lipinski definition) is 1. The molecule has 0 aliphatic heterocycles. The van der Waals surface area contributed by atoms with Crippen molar-refractivity contribution in [2.24, 2.45) is 0 Å². The zero-order chi connectivity index (χ0) is 15.2. The fourth-order valence-corrected chi connectivity index (χ4v) is 2.28. The van der Waals surface area contributed by atoms with E-state index < -0.39 is 6.04 Å². The molecule has 0 aliphatic carbocycles. The van der Waals surface area contributed by atoms with Crippen LogP contribution in [0.25, 0.3) is 0 Å². The molecular formula is C17H18ClNO2. The zero-order valence-electron chi connectivity index (χ0n) is 12.1. The van der Waals surface area contributed by atoms with Crippen LogP contribution in [0.1, 0.15) is 24.1 Å². The molecular weight excluding hydrogens is 286 g/mol. The van der Waals surface area contributed by atoms with Gasteiger partial charge >= 0.3 is 5.97 Å².